The molecule has 0 aromatic heterocycles. The van der Waals surface area contributed by atoms with Gasteiger partial charge in [0.05, 0.1) is 6.10 Å². The molecule has 21 heavy (non-hydrogen) atoms. The van der Waals surface area contributed by atoms with Crippen molar-refractivity contribution in [3.8, 4) is 0 Å². The summed E-state index contributed by atoms with van der Waals surface area (Å²) in [7, 11) is 0. The Morgan fingerprint density at radius 3 is 2.52 bits per heavy atom. The minimum atomic E-state index is -0.801. The zero-order chi connectivity index (χ0) is 16.1. The van der Waals surface area contributed by atoms with Crippen molar-refractivity contribution >= 4 is 5.91 Å². The summed E-state index contributed by atoms with van der Waals surface area (Å²) in [5.41, 5.74) is 5.27. The number of hydrogen-bond acceptors (Lipinski definition) is 3. The fourth-order valence-corrected chi connectivity index (χ4v) is 3.12. The van der Waals surface area contributed by atoms with E-state index in [1.807, 2.05) is 20.8 Å². The SMILES string of the molecule is CCCCCCC(C)NC(=O)C1(N)CC(OCC)C1(C)C. The zero-order valence-corrected chi connectivity index (χ0v) is 14.5. The predicted octanol–water partition coefficient (Wildman–Crippen LogP) is 2.99. The Kier molecular flexibility index (Phi) is 6.67. The van der Waals surface area contributed by atoms with Gasteiger partial charge in [-0.25, -0.2) is 0 Å². The second kappa shape index (κ2) is 7.59. The van der Waals surface area contributed by atoms with Crippen LogP contribution in [0, 0.1) is 5.41 Å². The van der Waals surface area contributed by atoms with E-state index in [4.69, 9.17) is 10.5 Å². The van der Waals surface area contributed by atoms with E-state index in [1.165, 1.54) is 19.3 Å². The molecule has 0 bridgehead atoms. The zero-order valence-electron chi connectivity index (χ0n) is 14.5. The van der Waals surface area contributed by atoms with Crippen LogP contribution >= 0.6 is 0 Å². The number of unbranched alkanes of at least 4 members (excludes halogenated alkanes) is 3. The molecule has 1 rings (SSSR count). The van der Waals surface area contributed by atoms with Crippen LogP contribution in [0.15, 0.2) is 0 Å². The molecule has 1 saturated carbocycles. The molecular weight excluding hydrogens is 264 g/mol. The van der Waals surface area contributed by atoms with Gasteiger partial charge in [-0.05, 0) is 20.3 Å². The lowest BCUT2D eigenvalue weighted by atomic mass is 9.54. The Morgan fingerprint density at radius 2 is 2.00 bits per heavy atom. The lowest BCUT2D eigenvalue weighted by molar-refractivity contribution is -0.171. The van der Waals surface area contributed by atoms with E-state index < -0.39 is 5.54 Å². The van der Waals surface area contributed by atoms with Gasteiger partial charge in [0.15, 0.2) is 0 Å². The monoisotopic (exact) mass is 298 g/mol. The number of rotatable bonds is 9. The van der Waals surface area contributed by atoms with Crippen LogP contribution in [0.25, 0.3) is 0 Å². The highest BCUT2D eigenvalue weighted by Crippen LogP contribution is 2.49. The average Bonchev–Trinajstić information content (AvgIpc) is 2.43. The van der Waals surface area contributed by atoms with Crippen LogP contribution in [0.2, 0.25) is 0 Å². The summed E-state index contributed by atoms with van der Waals surface area (Å²) in [4.78, 5) is 12.5. The van der Waals surface area contributed by atoms with Crippen molar-refractivity contribution in [1.82, 2.24) is 5.32 Å². The van der Waals surface area contributed by atoms with Crippen LogP contribution in [0.4, 0.5) is 0 Å². The Morgan fingerprint density at radius 1 is 1.33 bits per heavy atom. The minimum Gasteiger partial charge on any atom is -0.378 e. The van der Waals surface area contributed by atoms with Crippen LogP contribution in [0.3, 0.4) is 0 Å². The number of carbonyl (C=O) groups is 1. The van der Waals surface area contributed by atoms with Gasteiger partial charge in [0, 0.05) is 24.5 Å². The quantitative estimate of drug-likeness (QED) is 0.643. The largest absolute Gasteiger partial charge is 0.378 e. The molecule has 4 heteroatoms. The van der Waals surface area contributed by atoms with Gasteiger partial charge in [0.25, 0.3) is 0 Å². The third kappa shape index (κ3) is 3.98. The summed E-state index contributed by atoms with van der Waals surface area (Å²) >= 11 is 0. The molecule has 0 heterocycles. The summed E-state index contributed by atoms with van der Waals surface area (Å²) in [5, 5.41) is 3.10. The summed E-state index contributed by atoms with van der Waals surface area (Å²) in [6, 6.07) is 0.191. The highest BCUT2D eigenvalue weighted by atomic mass is 16.5. The summed E-state index contributed by atoms with van der Waals surface area (Å²) < 4.78 is 5.68. The van der Waals surface area contributed by atoms with E-state index in [-0.39, 0.29) is 23.5 Å². The van der Waals surface area contributed by atoms with Crippen molar-refractivity contribution < 1.29 is 9.53 Å². The second-order valence-electron chi connectivity index (χ2n) is 7.06. The van der Waals surface area contributed by atoms with Crippen LogP contribution in [-0.2, 0) is 9.53 Å². The summed E-state index contributed by atoms with van der Waals surface area (Å²) in [6.07, 6.45) is 6.63. The van der Waals surface area contributed by atoms with Crippen molar-refractivity contribution in [2.75, 3.05) is 6.61 Å². The van der Waals surface area contributed by atoms with Crippen molar-refractivity contribution in [1.29, 1.82) is 0 Å². The van der Waals surface area contributed by atoms with Crippen LogP contribution < -0.4 is 11.1 Å². The maximum Gasteiger partial charge on any atom is 0.241 e. The summed E-state index contributed by atoms with van der Waals surface area (Å²) in [5.74, 6) is -0.0218. The molecule has 0 aromatic carbocycles. The molecule has 1 aliphatic rings. The molecule has 0 spiro atoms. The maximum atomic E-state index is 12.5. The highest BCUT2D eigenvalue weighted by Gasteiger charge is 2.62. The van der Waals surface area contributed by atoms with Crippen LogP contribution in [-0.4, -0.2) is 30.2 Å². The third-order valence-electron chi connectivity index (χ3n) is 5.10. The van der Waals surface area contributed by atoms with Gasteiger partial charge in [-0.1, -0.05) is 46.5 Å². The van der Waals surface area contributed by atoms with E-state index in [2.05, 4.69) is 19.2 Å². The normalized spacial score (nSPS) is 28.8. The van der Waals surface area contributed by atoms with E-state index in [0.717, 1.165) is 12.8 Å². The highest BCUT2D eigenvalue weighted by molar-refractivity contribution is 5.89. The van der Waals surface area contributed by atoms with Crippen LogP contribution in [0.5, 0.6) is 0 Å². The Labute approximate surface area is 130 Å². The first-order valence-electron chi connectivity index (χ1n) is 8.51. The lowest BCUT2D eigenvalue weighted by Gasteiger charge is -2.57. The first-order valence-corrected chi connectivity index (χ1v) is 8.51. The number of hydrogen-bond donors (Lipinski definition) is 2. The van der Waals surface area contributed by atoms with Crippen molar-refractivity contribution in [2.45, 2.75) is 90.8 Å². The average molecular weight is 298 g/mol. The van der Waals surface area contributed by atoms with Gasteiger partial charge in [-0.15, -0.1) is 0 Å². The van der Waals surface area contributed by atoms with Gasteiger partial charge in [0.1, 0.15) is 5.54 Å². The molecule has 1 aliphatic carbocycles. The molecule has 0 aromatic rings. The standard InChI is InChI=1S/C17H34N2O2/c1-6-8-9-10-11-13(3)19-15(20)17(18)12-14(21-7-2)16(17,4)5/h13-14H,6-12,18H2,1-5H3,(H,19,20). The van der Waals surface area contributed by atoms with Gasteiger partial charge in [-0.3, -0.25) is 4.79 Å². The maximum absolute atomic E-state index is 12.5. The number of nitrogens with one attached hydrogen (secondary N) is 1. The molecular formula is C17H34N2O2. The molecule has 0 radical (unpaired) electrons. The fraction of sp³-hybridized carbons (Fsp3) is 0.941. The predicted molar refractivity (Wildman–Crippen MR) is 87.1 cm³/mol. The van der Waals surface area contributed by atoms with Gasteiger partial charge in [-0.2, -0.15) is 0 Å². The van der Waals surface area contributed by atoms with E-state index in [9.17, 15) is 4.79 Å². The number of nitrogens with two attached hydrogens (primary N) is 1. The smallest absolute Gasteiger partial charge is 0.241 e. The number of carbonyl (C=O) groups excluding carboxylic acids is 1. The summed E-state index contributed by atoms with van der Waals surface area (Å²) in [6.45, 7) is 11.0. The molecule has 1 fully saturated rings. The molecule has 124 valence electrons. The van der Waals surface area contributed by atoms with Gasteiger partial charge < -0.3 is 15.8 Å². The van der Waals surface area contributed by atoms with E-state index in [0.29, 0.717) is 13.0 Å². The Hall–Kier alpha value is -0.610. The topological polar surface area (TPSA) is 64.4 Å². The lowest BCUT2D eigenvalue weighted by Crippen LogP contribution is -2.76. The first-order chi connectivity index (χ1) is 9.79. The molecule has 3 N–H and O–H groups in total. The first kappa shape index (κ1) is 18.4. The Bertz CT molecular complexity index is 344. The number of ether oxygens (including phenoxy) is 1. The Balaban J connectivity index is 2.44. The van der Waals surface area contributed by atoms with E-state index in [1.54, 1.807) is 0 Å². The molecule has 3 atom stereocenters. The van der Waals surface area contributed by atoms with Gasteiger partial charge in [0.2, 0.25) is 5.91 Å². The third-order valence-corrected chi connectivity index (χ3v) is 5.10. The number of amides is 1. The molecule has 4 nitrogen and oxygen atoms in total. The minimum absolute atomic E-state index is 0.0218. The van der Waals surface area contributed by atoms with Crippen molar-refractivity contribution in [3.63, 3.8) is 0 Å². The van der Waals surface area contributed by atoms with Crippen molar-refractivity contribution in [3.05, 3.63) is 0 Å². The van der Waals surface area contributed by atoms with Crippen LogP contribution in [0.1, 0.15) is 73.1 Å². The fourth-order valence-electron chi connectivity index (χ4n) is 3.12. The van der Waals surface area contributed by atoms with Gasteiger partial charge >= 0.3 is 0 Å². The molecule has 0 aliphatic heterocycles. The van der Waals surface area contributed by atoms with Crippen molar-refractivity contribution in [2.24, 2.45) is 11.1 Å². The molecule has 1 amide bonds. The second-order valence-corrected chi connectivity index (χ2v) is 7.06. The molecule has 3 unspecified atom stereocenters. The van der Waals surface area contributed by atoms with E-state index >= 15 is 0 Å². The molecule has 0 saturated heterocycles.